The lowest BCUT2D eigenvalue weighted by molar-refractivity contribution is 0.0193. The zero-order valence-corrected chi connectivity index (χ0v) is 13.6. The van der Waals surface area contributed by atoms with Crippen LogP contribution in [0.2, 0.25) is 0 Å². The van der Waals surface area contributed by atoms with E-state index in [9.17, 15) is 4.79 Å². The Hall–Kier alpha value is -0.810. The highest BCUT2D eigenvalue weighted by Gasteiger charge is 2.26. The number of carbonyl (C=O) groups is 1. The predicted molar refractivity (Wildman–Crippen MR) is 79.9 cm³/mol. The van der Waals surface area contributed by atoms with E-state index >= 15 is 0 Å². The van der Waals surface area contributed by atoms with Crippen LogP contribution in [0.15, 0.2) is 0 Å². The number of ether oxygens (including phenoxy) is 2. The molecule has 0 aromatic heterocycles. The summed E-state index contributed by atoms with van der Waals surface area (Å²) < 4.78 is 10.9. The minimum Gasteiger partial charge on any atom is -0.444 e. The summed E-state index contributed by atoms with van der Waals surface area (Å²) in [5.41, 5.74) is -0.416. The first kappa shape index (κ1) is 17.2. The Morgan fingerprint density at radius 2 is 1.90 bits per heavy atom. The molecule has 118 valence electrons. The summed E-state index contributed by atoms with van der Waals surface area (Å²) >= 11 is 0. The van der Waals surface area contributed by atoms with E-state index in [1.807, 2.05) is 34.6 Å². The topological polar surface area (TPSA) is 50.8 Å². The Labute approximate surface area is 123 Å². The van der Waals surface area contributed by atoms with E-state index in [0.717, 1.165) is 39.1 Å². The molecule has 5 heteroatoms. The van der Waals surface area contributed by atoms with Crippen molar-refractivity contribution in [2.45, 2.75) is 65.2 Å². The first-order chi connectivity index (χ1) is 9.28. The van der Waals surface area contributed by atoms with Crippen molar-refractivity contribution < 1.29 is 14.3 Å². The van der Waals surface area contributed by atoms with Gasteiger partial charge in [-0.05, 0) is 47.5 Å². The number of hydrogen-bond donors (Lipinski definition) is 1. The molecule has 1 heterocycles. The van der Waals surface area contributed by atoms with E-state index in [-0.39, 0.29) is 12.2 Å². The maximum absolute atomic E-state index is 11.9. The molecule has 0 aliphatic carbocycles. The summed E-state index contributed by atoms with van der Waals surface area (Å²) in [5.74, 6) is 0. The van der Waals surface area contributed by atoms with Gasteiger partial charge in [0, 0.05) is 25.7 Å². The van der Waals surface area contributed by atoms with Gasteiger partial charge in [-0.2, -0.15) is 0 Å². The molecule has 0 radical (unpaired) electrons. The molecular formula is C15H30N2O3. The van der Waals surface area contributed by atoms with Crippen molar-refractivity contribution >= 4 is 6.09 Å². The third-order valence-electron chi connectivity index (χ3n) is 3.13. The maximum Gasteiger partial charge on any atom is 0.410 e. The fourth-order valence-electron chi connectivity index (χ4n) is 2.15. The third kappa shape index (κ3) is 7.10. The highest BCUT2D eigenvalue weighted by molar-refractivity contribution is 5.68. The molecule has 0 bridgehead atoms. The van der Waals surface area contributed by atoms with Crippen LogP contribution >= 0.6 is 0 Å². The van der Waals surface area contributed by atoms with Gasteiger partial charge in [0.05, 0.1) is 12.7 Å². The number of hydrogen-bond acceptors (Lipinski definition) is 4. The number of nitrogens with one attached hydrogen (secondary N) is 1. The second-order valence-electron chi connectivity index (χ2n) is 6.62. The van der Waals surface area contributed by atoms with Gasteiger partial charge < -0.3 is 19.7 Å². The van der Waals surface area contributed by atoms with Gasteiger partial charge in [0.25, 0.3) is 0 Å². The quantitative estimate of drug-likeness (QED) is 0.789. The summed E-state index contributed by atoms with van der Waals surface area (Å²) in [6.07, 6.45) is 2.03. The molecule has 1 aliphatic heterocycles. The second kappa shape index (κ2) is 7.84. The number of nitrogens with zero attached hydrogens (tertiary/aromatic N) is 1. The number of rotatable bonds is 5. The second-order valence-corrected chi connectivity index (χ2v) is 6.62. The Balaban J connectivity index is 2.18. The standard InChI is InChI=1S/C15H30N2O3/c1-12(2)19-11-8-16-13-6-9-17(10-7-13)14(18)20-15(3,4)5/h12-13,16H,6-11H2,1-5H3. The molecule has 0 unspecified atom stereocenters. The van der Waals surface area contributed by atoms with Crippen LogP contribution < -0.4 is 5.32 Å². The zero-order chi connectivity index (χ0) is 15.2. The van der Waals surface area contributed by atoms with Crippen molar-refractivity contribution in [1.82, 2.24) is 10.2 Å². The van der Waals surface area contributed by atoms with Crippen LogP contribution in [-0.2, 0) is 9.47 Å². The van der Waals surface area contributed by atoms with Crippen LogP contribution in [0.1, 0.15) is 47.5 Å². The van der Waals surface area contributed by atoms with Crippen molar-refractivity contribution in [3.8, 4) is 0 Å². The average molecular weight is 286 g/mol. The molecule has 0 atom stereocenters. The molecule has 1 aliphatic rings. The van der Waals surface area contributed by atoms with Crippen LogP contribution in [0, 0.1) is 0 Å². The average Bonchev–Trinajstić information content (AvgIpc) is 2.33. The van der Waals surface area contributed by atoms with Crippen molar-refractivity contribution in [3.05, 3.63) is 0 Å². The molecule has 0 spiro atoms. The van der Waals surface area contributed by atoms with Gasteiger partial charge in [-0.15, -0.1) is 0 Å². The maximum atomic E-state index is 11.9. The van der Waals surface area contributed by atoms with Gasteiger partial charge in [0.1, 0.15) is 5.60 Å². The van der Waals surface area contributed by atoms with Gasteiger partial charge in [0.2, 0.25) is 0 Å². The normalized spacial score (nSPS) is 17.6. The van der Waals surface area contributed by atoms with Gasteiger partial charge >= 0.3 is 6.09 Å². The summed E-state index contributed by atoms with van der Waals surface area (Å²) in [6.45, 7) is 12.9. The van der Waals surface area contributed by atoms with Crippen LogP contribution in [0.3, 0.4) is 0 Å². The van der Waals surface area contributed by atoms with Crippen LogP contribution in [0.25, 0.3) is 0 Å². The lowest BCUT2D eigenvalue weighted by atomic mass is 10.1. The summed E-state index contributed by atoms with van der Waals surface area (Å²) in [5, 5.41) is 3.48. The molecule has 1 fully saturated rings. The van der Waals surface area contributed by atoms with Crippen molar-refractivity contribution in [1.29, 1.82) is 0 Å². The highest BCUT2D eigenvalue weighted by atomic mass is 16.6. The first-order valence-corrected chi connectivity index (χ1v) is 7.61. The van der Waals surface area contributed by atoms with Crippen LogP contribution in [-0.4, -0.2) is 55.0 Å². The number of likely N-dealkylation sites (tertiary alicyclic amines) is 1. The van der Waals surface area contributed by atoms with Crippen molar-refractivity contribution in [3.63, 3.8) is 0 Å². The minimum atomic E-state index is -0.416. The van der Waals surface area contributed by atoms with Crippen molar-refractivity contribution in [2.75, 3.05) is 26.2 Å². The molecule has 0 aromatic carbocycles. The number of carbonyl (C=O) groups excluding carboxylic acids is 1. The lowest BCUT2D eigenvalue weighted by Crippen LogP contribution is -2.47. The van der Waals surface area contributed by atoms with E-state index in [1.165, 1.54) is 0 Å². The van der Waals surface area contributed by atoms with E-state index in [4.69, 9.17) is 9.47 Å². The number of piperidine rings is 1. The summed E-state index contributed by atoms with van der Waals surface area (Å²) in [6, 6.07) is 0.476. The van der Waals surface area contributed by atoms with Gasteiger partial charge in [-0.3, -0.25) is 0 Å². The first-order valence-electron chi connectivity index (χ1n) is 7.61. The van der Waals surface area contributed by atoms with Crippen LogP contribution in [0.5, 0.6) is 0 Å². The monoisotopic (exact) mass is 286 g/mol. The summed E-state index contributed by atoms with van der Waals surface area (Å²) in [7, 11) is 0. The zero-order valence-electron chi connectivity index (χ0n) is 13.6. The Morgan fingerprint density at radius 3 is 2.40 bits per heavy atom. The molecule has 5 nitrogen and oxygen atoms in total. The largest absolute Gasteiger partial charge is 0.444 e. The third-order valence-corrected chi connectivity index (χ3v) is 3.13. The SMILES string of the molecule is CC(C)OCCNC1CCN(C(=O)OC(C)(C)C)CC1. The van der Waals surface area contributed by atoms with Crippen molar-refractivity contribution in [2.24, 2.45) is 0 Å². The van der Waals surface area contributed by atoms with Crippen LogP contribution in [0.4, 0.5) is 4.79 Å². The van der Waals surface area contributed by atoms with E-state index in [2.05, 4.69) is 5.32 Å². The van der Waals surface area contributed by atoms with Gasteiger partial charge in [-0.25, -0.2) is 4.79 Å². The van der Waals surface area contributed by atoms with Gasteiger partial charge in [-0.1, -0.05) is 0 Å². The Morgan fingerprint density at radius 1 is 1.30 bits per heavy atom. The predicted octanol–water partition coefficient (Wildman–Crippen LogP) is 2.40. The lowest BCUT2D eigenvalue weighted by Gasteiger charge is -2.33. The molecule has 1 rings (SSSR count). The molecule has 0 aromatic rings. The van der Waals surface area contributed by atoms with E-state index in [0.29, 0.717) is 6.04 Å². The number of amides is 1. The summed E-state index contributed by atoms with van der Waals surface area (Å²) in [4.78, 5) is 13.7. The molecule has 0 saturated carbocycles. The Kier molecular flexibility index (Phi) is 6.76. The Bertz CT molecular complexity index is 292. The highest BCUT2D eigenvalue weighted by Crippen LogP contribution is 2.15. The fourth-order valence-corrected chi connectivity index (χ4v) is 2.15. The molecular weight excluding hydrogens is 256 g/mol. The minimum absolute atomic E-state index is 0.195. The van der Waals surface area contributed by atoms with Gasteiger partial charge in [0.15, 0.2) is 0 Å². The fraction of sp³-hybridized carbons (Fsp3) is 0.933. The molecule has 20 heavy (non-hydrogen) atoms. The molecule has 1 saturated heterocycles. The van der Waals surface area contributed by atoms with E-state index in [1.54, 1.807) is 4.90 Å². The smallest absolute Gasteiger partial charge is 0.410 e. The van der Waals surface area contributed by atoms with E-state index < -0.39 is 5.60 Å². The molecule has 1 N–H and O–H groups in total. The molecule has 1 amide bonds.